The molecular formula is C15H14N2S. The van der Waals surface area contributed by atoms with Crippen LogP contribution in [0.2, 0.25) is 0 Å². The van der Waals surface area contributed by atoms with Crippen molar-refractivity contribution in [2.45, 2.75) is 6.04 Å². The molecule has 0 bridgehead atoms. The molecule has 1 heterocycles. The molecule has 0 aliphatic rings. The SMILES string of the molecule is Nc1c(C(N)c2ccccc2)sc2ccccc12. The lowest BCUT2D eigenvalue weighted by Crippen LogP contribution is -2.11. The molecule has 0 saturated carbocycles. The molecule has 3 rings (SSSR count). The second-order valence-corrected chi connectivity index (χ2v) is 5.35. The summed E-state index contributed by atoms with van der Waals surface area (Å²) in [5, 5.41) is 1.10. The quantitative estimate of drug-likeness (QED) is 0.735. The van der Waals surface area contributed by atoms with E-state index in [-0.39, 0.29) is 6.04 Å². The van der Waals surface area contributed by atoms with E-state index in [2.05, 4.69) is 6.07 Å². The van der Waals surface area contributed by atoms with Crippen molar-refractivity contribution in [2.75, 3.05) is 5.73 Å². The van der Waals surface area contributed by atoms with Gasteiger partial charge in [-0.1, -0.05) is 48.5 Å². The molecule has 0 spiro atoms. The highest BCUT2D eigenvalue weighted by atomic mass is 32.1. The summed E-state index contributed by atoms with van der Waals surface area (Å²) in [7, 11) is 0. The Labute approximate surface area is 110 Å². The van der Waals surface area contributed by atoms with Gasteiger partial charge in [0.2, 0.25) is 0 Å². The van der Waals surface area contributed by atoms with Crippen LogP contribution >= 0.6 is 11.3 Å². The van der Waals surface area contributed by atoms with Crippen molar-refractivity contribution >= 4 is 27.1 Å². The van der Waals surface area contributed by atoms with E-state index in [0.29, 0.717) is 0 Å². The molecule has 18 heavy (non-hydrogen) atoms. The Morgan fingerprint density at radius 2 is 1.56 bits per heavy atom. The van der Waals surface area contributed by atoms with Crippen molar-refractivity contribution < 1.29 is 0 Å². The Kier molecular flexibility index (Phi) is 2.78. The van der Waals surface area contributed by atoms with Crippen LogP contribution in [-0.2, 0) is 0 Å². The third kappa shape index (κ3) is 1.78. The predicted molar refractivity (Wildman–Crippen MR) is 78.7 cm³/mol. The Bertz CT molecular complexity index is 673. The molecule has 0 saturated heterocycles. The van der Waals surface area contributed by atoms with Gasteiger partial charge in [0, 0.05) is 10.1 Å². The highest BCUT2D eigenvalue weighted by molar-refractivity contribution is 7.19. The Balaban J connectivity index is 2.12. The molecule has 0 amide bonds. The maximum atomic E-state index is 6.31. The van der Waals surface area contributed by atoms with Crippen LogP contribution in [0, 0.1) is 0 Å². The maximum Gasteiger partial charge on any atom is 0.0667 e. The van der Waals surface area contributed by atoms with Gasteiger partial charge in [0.15, 0.2) is 0 Å². The first-order valence-electron chi connectivity index (χ1n) is 5.85. The maximum absolute atomic E-state index is 6.31. The van der Waals surface area contributed by atoms with Gasteiger partial charge in [-0.25, -0.2) is 0 Å². The van der Waals surface area contributed by atoms with Crippen molar-refractivity contribution in [3.63, 3.8) is 0 Å². The summed E-state index contributed by atoms with van der Waals surface area (Å²) in [5.41, 5.74) is 14.4. The van der Waals surface area contributed by atoms with Crippen LogP contribution in [0.3, 0.4) is 0 Å². The van der Waals surface area contributed by atoms with E-state index in [1.165, 1.54) is 4.70 Å². The van der Waals surface area contributed by atoms with Crippen LogP contribution in [-0.4, -0.2) is 0 Å². The number of nitrogen functional groups attached to an aromatic ring is 1. The zero-order chi connectivity index (χ0) is 12.5. The van der Waals surface area contributed by atoms with Gasteiger partial charge in [-0.05, 0) is 11.6 Å². The first kappa shape index (κ1) is 11.3. The Morgan fingerprint density at radius 3 is 2.28 bits per heavy atom. The summed E-state index contributed by atoms with van der Waals surface area (Å²) in [6, 6.07) is 18.1. The number of benzene rings is 2. The van der Waals surface area contributed by atoms with Crippen LogP contribution in [0.25, 0.3) is 10.1 Å². The normalized spacial score (nSPS) is 12.7. The molecule has 0 fully saturated rings. The molecular weight excluding hydrogens is 240 g/mol. The lowest BCUT2D eigenvalue weighted by molar-refractivity contribution is 0.897. The molecule has 0 aliphatic carbocycles. The summed E-state index contributed by atoms with van der Waals surface area (Å²) in [4.78, 5) is 1.04. The van der Waals surface area contributed by atoms with Gasteiger partial charge in [0.1, 0.15) is 0 Å². The summed E-state index contributed by atoms with van der Waals surface area (Å²) in [6.07, 6.45) is 0. The molecule has 4 N–H and O–H groups in total. The highest BCUT2D eigenvalue weighted by Gasteiger charge is 2.16. The summed E-state index contributed by atoms with van der Waals surface area (Å²) in [6.45, 7) is 0. The minimum atomic E-state index is -0.149. The van der Waals surface area contributed by atoms with Crippen LogP contribution in [0.4, 0.5) is 5.69 Å². The molecule has 1 unspecified atom stereocenters. The van der Waals surface area contributed by atoms with E-state index in [1.54, 1.807) is 11.3 Å². The fourth-order valence-electron chi connectivity index (χ4n) is 2.13. The molecule has 0 radical (unpaired) electrons. The fourth-order valence-corrected chi connectivity index (χ4v) is 3.28. The smallest absolute Gasteiger partial charge is 0.0667 e. The van der Waals surface area contributed by atoms with Crippen molar-refractivity contribution in [1.29, 1.82) is 0 Å². The number of anilines is 1. The number of hydrogen-bond acceptors (Lipinski definition) is 3. The zero-order valence-corrected chi connectivity index (χ0v) is 10.7. The number of rotatable bonds is 2. The molecule has 3 heteroatoms. The third-order valence-electron chi connectivity index (χ3n) is 3.10. The second-order valence-electron chi connectivity index (χ2n) is 4.26. The second kappa shape index (κ2) is 4.44. The Morgan fingerprint density at radius 1 is 0.889 bits per heavy atom. The highest BCUT2D eigenvalue weighted by Crippen LogP contribution is 2.38. The van der Waals surface area contributed by atoms with Crippen LogP contribution in [0.15, 0.2) is 54.6 Å². The zero-order valence-electron chi connectivity index (χ0n) is 9.84. The van der Waals surface area contributed by atoms with E-state index < -0.39 is 0 Å². The van der Waals surface area contributed by atoms with Crippen LogP contribution in [0.1, 0.15) is 16.5 Å². The number of hydrogen-bond donors (Lipinski definition) is 2. The summed E-state index contributed by atoms with van der Waals surface area (Å²) in [5.74, 6) is 0. The van der Waals surface area contributed by atoms with E-state index in [9.17, 15) is 0 Å². The van der Waals surface area contributed by atoms with Crippen molar-refractivity contribution in [3.05, 3.63) is 65.0 Å². The molecule has 1 aromatic heterocycles. The summed E-state index contributed by atoms with van der Waals surface area (Å²) >= 11 is 1.68. The summed E-state index contributed by atoms with van der Waals surface area (Å²) < 4.78 is 1.19. The largest absolute Gasteiger partial charge is 0.397 e. The van der Waals surface area contributed by atoms with E-state index >= 15 is 0 Å². The first-order chi connectivity index (χ1) is 8.77. The van der Waals surface area contributed by atoms with Gasteiger partial charge >= 0.3 is 0 Å². The molecule has 2 nitrogen and oxygen atoms in total. The van der Waals surface area contributed by atoms with Gasteiger partial charge < -0.3 is 11.5 Å². The van der Waals surface area contributed by atoms with Gasteiger partial charge in [-0.15, -0.1) is 11.3 Å². The predicted octanol–water partition coefficient (Wildman–Crippen LogP) is 3.53. The fraction of sp³-hybridized carbons (Fsp3) is 0.0667. The third-order valence-corrected chi connectivity index (χ3v) is 4.37. The monoisotopic (exact) mass is 254 g/mol. The topological polar surface area (TPSA) is 52.0 Å². The average molecular weight is 254 g/mol. The average Bonchev–Trinajstić information content (AvgIpc) is 2.77. The molecule has 0 aliphatic heterocycles. The number of nitrogens with two attached hydrogens (primary N) is 2. The lowest BCUT2D eigenvalue weighted by Gasteiger charge is -2.10. The minimum Gasteiger partial charge on any atom is -0.397 e. The standard InChI is InChI=1S/C15H14N2S/c16-13(10-6-2-1-3-7-10)15-14(17)11-8-4-5-9-12(11)18-15/h1-9,13H,16-17H2. The molecule has 90 valence electrons. The van der Waals surface area contributed by atoms with Crippen molar-refractivity contribution in [3.8, 4) is 0 Å². The van der Waals surface area contributed by atoms with E-state index in [0.717, 1.165) is 21.5 Å². The van der Waals surface area contributed by atoms with Gasteiger partial charge in [-0.3, -0.25) is 0 Å². The van der Waals surface area contributed by atoms with E-state index in [1.807, 2.05) is 48.5 Å². The first-order valence-corrected chi connectivity index (χ1v) is 6.66. The minimum absolute atomic E-state index is 0.149. The molecule has 3 aromatic rings. The lowest BCUT2D eigenvalue weighted by atomic mass is 10.0. The number of fused-ring (bicyclic) bond motifs is 1. The van der Waals surface area contributed by atoms with Gasteiger partial charge in [-0.2, -0.15) is 0 Å². The molecule has 1 atom stereocenters. The van der Waals surface area contributed by atoms with Crippen LogP contribution < -0.4 is 11.5 Å². The Hall–Kier alpha value is -1.84. The van der Waals surface area contributed by atoms with Crippen LogP contribution in [0.5, 0.6) is 0 Å². The van der Waals surface area contributed by atoms with Crippen molar-refractivity contribution in [1.82, 2.24) is 0 Å². The van der Waals surface area contributed by atoms with Gasteiger partial charge in [0.05, 0.1) is 16.6 Å². The van der Waals surface area contributed by atoms with Crippen molar-refractivity contribution in [2.24, 2.45) is 5.73 Å². The number of thiophene rings is 1. The molecule has 2 aromatic carbocycles. The van der Waals surface area contributed by atoms with E-state index in [4.69, 9.17) is 11.5 Å². The van der Waals surface area contributed by atoms with Gasteiger partial charge in [0.25, 0.3) is 0 Å².